The molecule has 0 aliphatic carbocycles. The fourth-order valence-corrected chi connectivity index (χ4v) is 2.78. The monoisotopic (exact) mass is 336 g/mol. The smallest absolute Gasteiger partial charge is 0.260 e. The molecule has 0 saturated carbocycles. The molecule has 1 aliphatic heterocycles. The first-order valence-corrected chi connectivity index (χ1v) is 7.79. The minimum absolute atomic E-state index is 0.0271. The van der Waals surface area contributed by atoms with Crippen molar-refractivity contribution in [1.29, 1.82) is 0 Å². The molecule has 0 aromatic carbocycles. The Hall–Kier alpha value is -2.12. The maximum atomic E-state index is 12.5. The molecule has 0 unspecified atom stereocenters. The molecule has 0 radical (unpaired) electrons. The third-order valence-electron chi connectivity index (χ3n) is 3.93. The van der Waals surface area contributed by atoms with Crippen LogP contribution in [0.3, 0.4) is 0 Å². The van der Waals surface area contributed by atoms with Gasteiger partial charge in [-0.2, -0.15) is 5.10 Å². The molecule has 1 atom stereocenters. The van der Waals surface area contributed by atoms with Crippen LogP contribution in [0.15, 0.2) is 23.1 Å². The van der Waals surface area contributed by atoms with Crippen LogP contribution in [0, 0.1) is 0 Å². The number of carbonyl (C=O) groups is 1. The van der Waals surface area contributed by atoms with Gasteiger partial charge in [-0.25, -0.2) is 0 Å². The average Bonchev–Trinajstić information content (AvgIpc) is 2.98. The maximum Gasteiger partial charge on any atom is 0.260 e. The zero-order valence-corrected chi connectivity index (χ0v) is 13.4. The van der Waals surface area contributed by atoms with E-state index in [-0.39, 0.29) is 11.5 Å². The molecule has 2 aromatic heterocycles. The van der Waals surface area contributed by atoms with Crippen LogP contribution in [0.2, 0.25) is 5.02 Å². The molecule has 1 amide bonds. The first-order valence-electron chi connectivity index (χ1n) is 7.41. The molecular formula is C15H17ClN4O3. The topological polar surface area (TPSA) is 91.2 Å². The van der Waals surface area contributed by atoms with Gasteiger partial charge < -0.3 is 15.0 Å². The highest BCUT2D eigenvalue weighted by molar-refractivity contribution is 6.30. The summed E-state index contributed by atoms with van der Waals surface area (Å²) in [5, 5.41) is 14.6. The summed E-state index contributed by atoms with van der Waals surface area (Å²) in [6.07, 6.45) is 1.33. The van der Waals surface area contributed by atoms with Gasteiger partial charge in [0.15, 0.2) is 0 Å². The van der Waals surface area contributed by atoms with Crippen LogP contribution in [-0.2, 0) is 13.1 Å². The van der Waals surface area contributed by atoms with Crippen molar-refractivity contribution in [2.24, 2.45) is 0 Å². The number of aliphatic hydroxyl groups is 1. The molecule has 3 heterocycles. The number of pyridine rings is 1. The van der Waals surface area contributed by atoms with E-state index in [4.69, 9.17) is 11.6 Å². The van der Waals surface area contributed by atoms with Gasteiger partial charge in [-0.1, -0.05) is 18.5 Å². The summed E-state index contributed by atoms with van der Waals surface area (Å²) in [7, 11) is 0. The van der Waals surface area contributed by atoms with Crippen molar-refractivity contribution in [1.82, 2.24) is 19.7 Å². The average molecular weight is 337 g/mol. The number of hydrogen-bond acceptors (Lipinski definition) is 4. The lowest BCUT2D eigenvalue weighted by Crippen LogP contribution is -2.40. The van der Waals surface area contributed by atoms with E-state index in [2.05, 4.69) is 10.1 Å². The van der Waals surface area contributed by atoms with Gasteiger partial charge in [0.1, 0.15) is 5.56 Å². The summed E-state index contributed by atoms with van der Waals surface area (Å²) < 4.78 is 1.79. The predicted molar refractivity (Wildman–Crippen MR) is 84.3 cm³/mol. The molecule has 8 heteroatoms. The van der Waals surface area contributed by atoms with Crippen LogP contribution < -0.4 is 5.56 Å². The Labute approximate surface area is 137 Å². The van der Waals surface area contributed by atoms with Gasteiger partial charge >= 0.3 is 0 Å². The van der Waals surface area contributed by atoms with E-state index in [9.17, 15) is 14.7 Å². The predicted octanol–water partition coefficient (Wildman–Crippen LogP) is 1.32. The minimum atomic E-state index is -0.604. The lowest BCUT2D eigenvalue weighted by atomic mass is 10.2. The third-order valence-corrected chi connectivity index (χ3v) is 4.15. The third kappa shape index (κ3) is 3.02. The molecule has 0 fully saturated rings. The first-order chi connectivity index (χ1) is 11.0. The van der Waals surface area contributed by atoms with Crippen molar-refractivity contribution < 1.29 is 9.90 Å². The van der Waals surface area contributed by atoms with E-state index in [1.54, 1.807) is 15.6 Å². The van der Waals surface area contributed by atoms with E-state index in [1.807, 2.05) is 6.92 Å². The Morgan fingerprint density at radius 3 is 3.00 bits per heavy atom. The van der Waals surface area contributed by atoms with Gasteiger partial charge in [0.25, 0.3) is 11.5 Å². The lowest BCUT2D eigenvalue weighted by Gasteiger charge is -2.27. The number of hydrogen-bond donors (Lipinski definition) is 2. The summed E-state index contributed by atoms with van der Waals surface area (Å²) >= 11 is 5.85. The molecule has 0 bridgehead atoms. The van der Waals surface area contributed by atoms with E-state index in [0.29, 0.717) is 36.8 Å². The first kappa shape index (κ1) is 15.8. The van der Waals surface area contributed by atoms with Gasteiger partial charge in [0, 0.05) is 12.7 Å². The largest absolute Gasteiger partial charge is 0.387 e. The number of aromatic amines is 1. The van der Waals surface area contributed by atoms with Crippen molar-refractivity contribution in [3.8, 4) is 0 Å². The van der Waals surface area contributed by atoms with Crippen molar-refractivity contribution in [3.05, 3.63) is 50.7 Å². The van der Waals surface area contributed by atoms with Gasteiger partial charge in [-0.3, -0.25) is 14.3 Å². The number of aliphatic hydroxyl groups excluding tert-OH is 1. The standard InChI is InChI=1S/C15H17ClN4O3/c1-2-13(21)12-6-10-8-19(3-4-20(10)18-12)15(23)11-5-9(16)7-17-14(11)22/h5-7,13,21H,2-4,8H2,1H3,(H,17,22)/t13-/m1/s1. The molecule has 7 nitrogen and oxygen atoms in total. The van der Waals surface area contributed by atoms with Crippen molar-refractivity contribution >= 4 is 17.5 Å². The van der Waals surface area contributed by atoms with Crippen LogP contribution >= 0.6 is 11.6 Å². The number of nitrogens with zero attached hydrogens (tertiary/aromatic N) is 3. The second kappa shape index (κ2) is 6.17. The van der Waals surface area contributed by atoms with E-state index >= 15 is 0 Å². The molecule has 3 rings (SSSR count). The second-order valence-corrected chi connectivity index (χ2v) is 5.93. The van der Waals surface area contributed by atoms with Crippen LogP contribution in [0.4, 0.5) is 0 Å². The van der Waals surface area contributed by atoms with Crippen LogP contribution in [-0.4, -0.2) is 37.2 Å². The zero-order valence-electron chi connectivity index (χ0n) is 12.6. The number of amides is 1. The van der Waals surface area contributed by atoms with Crippen LogP contribution in [0.5, 0.6) is 0 Å². The number of nitrogens with one attached hydrogen (secondary N) is 1. The van der Waals surface area contributed by atoms with E-state index < -0.39 is 11.7 Å². The minimum Gasteiger partial charge on any atom is -0.387 e. The quantitative estimate of drug-likeness (QED) is 0.884. The molecule has 0 saturated heterocycles. The summed E-state index contributed by atoms with van der Waals surface area (Å²) in [5.74, 6) is -0.362. The molecule has 23 heavy (non-hydrogen) atoms. The Morgan fingerprint density at radius 1 is 1.48 bits per heavy atom. The van der Waals surface area contributed by atoms with Crippen molar-refractivity contribution in [2.75, 3.05) is 6.54 Å². The fraction of sp³-hybridized carbons (Fsp3) is 0.400. The second-order valence-electron chi connectivity index (χ2n) is 5.50. The molecule has 1 aliphatic rings. The van der Waals surface area contributed by atoms with Gasteiger partial charge in [-0.05, 0) is 18.6 Å². The van der Waals surface area contributed by atoms with Crippen LogP contribution in [0.25, 0.3) is 0 Å². The number of aromatic nitrogens is 3. The van der Waals surface area contributed by atoms with E-state index in [0.717, 1.165) is 5.69 Å². The number of halogens is 1. The molecule has 0 spiro atoms. The Morgan fingerprint density at radius 2 is 2.26 bits per heavy atom. The molecule has 122 valence electrons. The number of rotatable bonds is 3. The summed E-state index contributed by atoms with van der Waals surface area (Å²) in [4.78, 5) is 28.4. The molecule has 2 N–H and O–H groups in total. The highest BCUT2D eigenvalue weighted by atomic mass is 35.5. The molecular weight excluding hydrogens is 320 g/mol. The van der Waals surface area contributed by atoms with Gasteiger partial charge in [-0.15, -0.1) is 0 Å². The van der Waals surface area contributed by atoms with Crippen LogP contribution in [0.1, 0.15) is 41.2 Å². The van der Waals surface area contributed by atoms with Crippen molar-refractivity contribution in [3.63, 3.8) is 0 Å². The lowest BCUT2D eigenvalue weighted by molar-refractivity contribution is 0.0704. The van der Waals surface area contributed by atoms with E-state index in [1.165, 1.54) is 12.3 Å². The highest BCUT2D eigenvalue weighted by Crippen LogP contribution is 2.21. The Balaban J connectivity index is 1.84. The van der Waals surface area contributed by atoms with Gasteiger partial charge in [0.2, 0.25) is 0 Å². The highest BCUT2D eigenvalue weighted by Gasteiger charge is 2.26. The fourth-order valence-electron chi connectivity index (χ4n) is 2.62. The summed E-state index contributed by atoms with van der Waals surface area (Å²) in [5.41, 5.74) is 1.02. The maximum absolute atomic E-state index is 12.5. The normalized spacial score (nSPS) is 15.3. The number of H-pyrrole nitrogens is 1. The number of carbonyl (C=O) groups excluding carboxylic acids is 1. The SMILES string of the molecule is CC[C@@H](O)c1cc2n(n1)CCN(C(=O)c1cc(Cl)c[nH]c1=O)C2. The summed E-state index contributed by atoms with van der Waals surface area (Å²) in [6.45, 7) is 3.19. The number of fused-ring (bicyclic) bond motifs is 1. The van der Waals surface area contributed by atoms with Gasteiger partial charge in [0.05, 0.1) is 35.6 Å². The summed E-state index contributed by atoms with van der Waals surface area (Å²) in [6, 6.07) is 3.18. The Bertz CT molecular complexity index is 798. The molecule has 2 aromatic rings. The Kier molecular flexibility index (Phi) is 4.23. The zero-order chi connectivity index (χ0) is 16.6. The van der Waals surface area contributed by atoms with Crippen molar-refractivity contribution in [2.45, 2.75) is 32.5 Å².